The number of hydrogen-bond acceptors (Lipinski definition) is 6. The predicted octanol–water partition coefficient (Wildman–Crippen LogP) is 1.24. The summed E-state index contributed by atoms with van der Waals surface area (Å²) < 4.78 is 47.8. The molecule has 0 saturated carbocycles. The normalized spacial score (nSPS) is 16.1. The average molecular weight is 298 g/mol. The molecule has 1 aromatic carbocycles. The zero-order valence-electron chi connectivity index (χ0n) is 10.2. The maximum Gasteiger partial charge on any atom is 0.222 e. The van der Waals surface area contributed by atoms with Gasteiger partial charge < -0.3 is 15.0 Å². The summed E-state index contributed by atoms with van der Waals surface area (Å²) in [5.41, 5.74) is 6.13. The van der Waals surface area contributed by atoms with Gasteiger partial charge in [-0.05, 0) is 12.1 Å². The lowest BCUT2D eigenvalue weighted by Crippen LogP contribution is -2.40. The van der Waals surface area contributed by atoms with Crippen molar-refractivity contribution in [2.24, 2.45) is 0 Å². The van der Waals surface area contributed by atoms with Gasteiger partial charge in [0, 0.05) is 11.6 Å². The minimum Gasteiger partial charge on any atom is -0.379 e. The molecular weight excluding hydrogens is 287 g/mol. The van der Waals surface area contributed by atoms with Gasteiger partial charge in [-0.1, -0.05) is 11.2 Å². The number of hydrogen-bond donors (Lipinski definition) is 1. The van der Waals surface area contributed by atoms with E-state index >= 15 is 0 Å². The minimum atomic E-state index is -3.70. The van der Waals surface area contributed by atoms with Crippen LogP contribution < -0.4 is 5.73 Å². The van der Waals surface area contributed by atoms with Gasteiger partial charge in [-0.2, -0.15) is 0 Å². The fourth-order valence-corrected chi connectivity index (χ4v) is 3.39. The van der Waals surface area contributed by atoms with Crippen LogP contribution in [-0.4, -0.2) is 32.0 Å². The summed E-state index contributed by atoms with van der Waals surface area (Å²) in [4.78, 5) is -0.328. The largest absolute Gasteiger partial charge is 0.379 e. The number of benzene rings is 1. The number of nitrogen functional groups attached to an aromatic ring is 1. The molecule has 3 rings (SSSR count). The number of rotatable bonds is 3. The Morgan fingerprint density at radius 3 is 2.55 bits per heavy atom. The fourth-order valence-electron chi connectivity index (χ4n) is 1.89. The lowest BCUT2D eigenvalue weighted by Gasteiger charge is -2.25. The summed E-state index contributed by atoms with van der Waals surface area (Å²) in [6, 6.07) is 5.22. The molecule has 0 atom stereocenters. The maximum absolute atomic E-state index is 14.0. The molecule has 8 heteroatoms. The van der Waals surface area contributed by atoms with Gasteiger partial charge in [0.15, 0.2) is 9.84 Å². The standard InChI is InChI=1S/C12H11FN2O4S/c13-9-3-7(10-4-12(14)19-15-10)1-2-11(9)20(16,17)8-5-18-6-8/h1-4,8H,5-6,14H2. The molecule has 1 aromatic heterocycles. The van der Waals surface area contributed by atoms with Crippen LogP contribution in [0.5, 0.6) is 0 Å². The van der Waals surface area contributed by atoms with Gasteiger partial charge in [0.1, 0.15) is 21.7 Å². The quantitative estimate of drug-likeness (QED) is 0.915. The lowest BCUT2D eigenvalue weighted by atomic mass is 10.1. The monoisotopic (exact) mass is 298 g/mol. The highest BCUT2D eigenvalue weighted by atomic mass is 32.2. The first-order chi connectivity index (χ1) is 9.48. The Morgan fingerprint density at radius 1 is 1.30 bits per heavy atom. The molecular formula is C12H11FN2O4S. The van der Waals surface area contributed by atoms with Crippen molar-refractivity contribution in [2.75, 3.05) is 18.9 Å². The summed E-state index contributed by atoms with van der Waals surface area (Å²) in [7, 11) is -3.70. The SMILES string of the molecule is Nc1cc(-c2ccc(S(=O)(=O)C3COC3)c(F)c2)no1. The molecule has 6 nitrogen and oxygen atoms in total. The van der Waals surface area contributed by atoms with Gasteiger partial charge in [-0.3, -0.25) is 0 Å². The molecule has 2 aromatic rings. The zero-order chi connectivity index (χ0) is 14.3. The van der Waals surface area contributed by atoms with E-state index in [0.717, 1.165) is 6.07 Å². The molecule has 0 unspecified atom stereocenters. The second-order valence-corrected chi connectivity index (χ2v) is 6.66. The van der Waals surface area contributed by atoms with Gasteiger partial charge in [0.25, 0.3) is 0 Å². The average Bonchev–Trinajstić information content (AvgIpc) is 2.72. The van der Waals surface area contributed by atoms with E-state index in [1.54, 1.807) is 0 Å². The third kappa shape index (κ3) is 2.06. The topological polar surface area (TPSA) is 95.4 Å². The van der Waals surface area contributed by atoms with Crippen LogP contribution in [0.1, 0.15) is 0 Å². The highest BCUT2D eigenvalue weighted by molar-refractivity contribution is 7.92. The van der Waals surface area contributed by atoms with Gasteiger partial charge in [-0.25, -0.2) is 12.8 Å². The summed E-state index contributed by atoms with van der Waals surface area (Å²) in [6.07, 6.45) is 0. The van der Waals surface area contributed by atoms with Crippen molar-refractivity contribution in [1.29, 1.82) is 0 Å². The summed E-state index contributed by atoms with van der Waals surface area (Å²) in [6.45, 7) is 0.201. The van der Waals surface area contributed by atoms with Crippen molar-refractivity contribution in [2.45, 2.75) is 10.1 Å². The summed E-state index contributed by atoms with van der Waals surface area (Å²) in [5, 5.41) is 2.97. The molecule has 1 aliphatic rings. The van der Waals surface area contributed by atoms with E-state index in [-0.39, 0.29) is 24.0 Å². The van der Waals surface area contributed by atoms with E-state index in [4.69, 9.17) is 15.0 Å². The molecule has 2 heterocycles. The second kappa shape index (κ2) is 4.57. The Labute approximate surface area is 114 Å². The van der Waals surface area contributed by atoms with Crippen LogP contribution in [0, 0.1) is 5.82 Å². The van der Waals surface area contributed by atoms with E-state index < -0.39 is 20.9 Å². The summed E-state index contributed by atoms with van der Waals surface area (Å²) >= 11 is 0. The molecule has 0 radical (unpaired) electrons. The first-order valence-corrected chi connectivity index (χ1v) is 7.37. The van der Waals surface area contributed by atoms with Crippen LogP contribution in [0.2, 0.25) is 0 Å². The molecule has 106 valence electrons. The molecule has 20 heavy (non-hydrogen) atoms. The van der Waals surface area contributed by atoms with E-state index in [0.29, 0.717) is 11.3 Å². The molecule has 1 saturated heterocycles. The number of ether oxygens (including phenoxy) is 1. The van der Waals surface area contributed by atoms with Crippen LogP contribution in [0.25, 0.3) is 11.3 Å². The number of nitrogens with two attached hydrogens (primary N) is 1. The number of nitrogens with zero attached hydrogens (tertiary/aromatic N) is 1. The van der Waals surface area contributed by atoms with Gasteiger partial charge in [0.2, 0.25) is 5.88 Å². The third-order valence-electron chi connectivity index (χ3n) is 3.11. The number of aromatic nitrogens is 1. The van der Waals surface area contributed by atoms with Gasteiger partial charge in [0.05, 0.1) is 13.2 Å². The fraction of sp³-hybridized carbons (Fsp3) is 0.250. The van der Waals surface area contributed by atoms with Crippen molar-refractivity contribution < 1.29 is 22.1 Å². The lowest BCUT2D eigenvalue weighted by molar-refractivity contribution is 0.0415. The van der Waals surface area contributed by atoms with Crippen molar-refractivity contribution in [3.05, 3.63) is 30.1 Å². The Hall–Kier alpha value is -1.93. The van der Waals surface area contributed by atoms with E-state index in [1.165, 1.54) is 18.2 Å². The Morgan fingerprint density at radius 2 is 2.05 bits per heavy atom. The highest BCUT2D eigenvalue weighted by Crippen LogP contribution is 2.28. The summed E-state index contributed by atoms with van der Waals surface area (Å²) in [5.74, 6) is -0.723. The van der Waals surface area contributed by atoms with Gasteiger partial charge >= 0.3 is 0 Å². The van der Waals surface area contributed by atoms with Gasteiger partial charge in [-0.15, -0.1) is 0 Å². The first kappa shape index (κ1) is 13.1. The minimum absolute atomic E-state index is 0.101. The Bertz CT molecular complexity index is 753. The smallest absolute Gasteiger partial charge is 0.222 e. The van der Waals surface area contributed by atoms with Crippen molar-refractivity contribution >= 4 is 15.7 Å². The number of halogens is 1. The Kier molecular flexibility index (Phi) is 2.98. The first-order valence-electron chi connectivity index (χ1n) is 5.82. The van der Waals surface area contributed by atoms with Crippen LogP contribution in [0.3, 0.4) is 0 Å². The van der Waals surface area contributed by atoms with E-state index in [9.17, 15) is 12.8 Å². The second-order valence-electron chi connectivity index (χ2n) is 4.46. The maximum atomic E-state index is 14.0. The molecule has 0 spiro atoms. The van der Waals surface area contributed by atoms with Crippen LogP contribution in [0.4, 0.5) is 10.3 Å². The predicted molar refractivity (Wildman–Crippen MR) is 68.1 cm³/mol. The van der Waals surface area contributed by atoms with Crippen LogP contribution in [0.15, 0.2) is 33.7 Å². The molecule has 1 fully saturated rings. The van der Waals surface area contributed by atoms with Crippen molar-refractivity contribution in [3.8, 4) is 11.3 Å². The molecule has 0 bridgehead atoms. The van der Waals surface area contributed by atoms with Crippen LogP contribution in [-0.2, 0) is 14.6 Å². The number of sulfone groups is 1. The van der Waals surface area contributed by atoms with E-state index in [2.05, 4.69) is 5.16 Å². The zero-order valence-corrected chi connectivity index (χ0v) is 11.1. The Balaban J connectivity index is 1.99. The molecule has 1 aliphatic heterocycles. The molecule has 0 amide bonds. The van der Waals surface area contributed by atoms with E-state index in [1.807, 2.05) is 0 Å². The third-order valence-corrected chi connectivity index (χ3v) is 5.20. The highest BCUT2D eigenvalue weighted by Gasteiger charge is 2.35. The number of anilines is 1. The van der Waals surface area contributed by atoms with Crippen molar-refractivity contribution in [1.82, 2.24) is 5.16 Å². The molecule has 2 N–H and O–H groups in total. The van der Waals surface area contributed by atoms with Crippen LogP contribution >= 0.6 is 0 Å². The van der Waals surface area contributed by atoms with Crippen molar-refractivity contribution in [3.63, 3.8) is 0 Å². The molecule has 0 aliphatic carbocycles.